The Bertz CT molecular complexity index is 1530. The quantitative estimate of drug-likeness (QED) is 0.00831. The van der Waals surface area contributed by atoms with E-state index in [2.05, 4.69) is 44.0 Å². The lowest BCUT2D eigenvalue weighted by Crippen LogP contribution is -2.65. The van der Waals surface area contributed by atoms with Crippen LogP contribution in [0.4, 0.5) is 0 Å². The number of hydrogen-bond acceptors (Lipinski definition) is 17. The Labute approximate surface area is 495 Å². The molecule has 0 aromatic rings. The van der Waals surface area contributed by atoms with Crippen molar-refractivity contribution in [2.75, 3.05) is 13.2 Å². The van der Waals surface area contributed by atoms with E-state index < -0.39 is 86.6 Å². The van der Waals surface area contributed by atoms with Gasteiger partial charge in [0.05, 0.1) is 13.2 Å². The van der Waals surface area contributed by atoms with Crippen LogP contribution in [-0.4, -0.2) is 117 Å². The smallest absolute Gasteiger partial charge is 0.333 e. The van der Waals surface area contributed by atoms with Crippen molar-refractivity contribution in [3.63, 3.8) is 0 Å². The van der Waals surface area contributed by atoms with Gasteiger partial charge in [-0.05, 0) is 43.9 Å². The monoisotopic (exact) mass is 1180 g/mol. The van der Waals surface area contributed by atoms with E-state index in [4.69, 9.17) is 33.1 Å². The number of unbranched alkanes of at least 4 members (excludes halogenated alkanes) is 33. The molecule has 13 atom stereocenters. The molecule has 0 radical (unpaired) electrons. The number of carbonyl (C=O) groups is 2. The van der Waals surface area contributed by atoms with E-state index in [0.29, 0.717) is 18.3 Å². The highest BCUT2D eigenvalue weighted by molar-refractivity contribution is 7.89. The van der Waals surface area contributed by atoms with Crippen molar-refractivity contribution in [1.82, 2.24) is 0 Å². The van der Waals surface area contributed by atoms with Gasteiger partial charge in [-0.25, -0.2) is 10.1 Å². The molecule has 478 valence electrons. The first-order valence-corrected chi connectivity index (χ1v) is 33.6. The SMILES string of the molecule is CCCCCCCCCCCCCCCCCCCCCCCC(=O)OC1C(OC2OC(CO)C(O)C(O)C2OSOOO)OC(CO)C(O)C1OC(=O)C(C)=C[C@@H](C)C[C@@H](C)C[C@@H](C)CCCCCCCCCCCCCCCC. The fourth-order valence-corrected chi connectivity index (χ4v) is 12.2. The van der Waals surface area contributed by atoms with Crippen molar-refractivity contribution in [2.45, 2.75) is 353 Å². The molecule has 0 amide bonds. The Kier molecular flexibility index (Phi) is 46.4. The summed E-state index contributed by atoms with van der Waals surface area (Å²) in [5.74, 6) is -0.435. The van der Waals surface area contributed by atoms with Gasteiger partial charge in [0.15, 0.2) is 36.9 Å². The van der Waals surface area contributed by atoms with Gasteiger partial charge in [0.25, 0.3) is 0 Å². The summed E-state index contributed by atoms with van der Waals surface area (Å²) in [6.07, 6.45) is 33.5. The number of carbonyl (C=O) groups excluding carboxylic acids is 2. The predicted molar refractivity (Wildman–Crippen MR) is 320 cm³/mol. The Balaban J connectivity index is 1.96. The predicted octanol–water partition coefficient (Wildman–Crippen LogP) is 14.8. The van der Waals surface area contributed by atoms with Gasteiger partial charge in [-0.1, -0.05) is 270 Å². The van der Waals surface area contributed by atoms with Gasteiger partial charge in [0.2, 0.25) is 6.29 Å². The number of esters is 2. The van der Waals surface area contributed by atoms with Crippen LogP contribution in [-0.2, 0) is 46.8 Å². The highest BCUT2D eigenvalue weighted by Crippen LogP contribution is 2.34. The molecule has 2 aliphatic rings. The number of hydrogen-bond donors (Lipinski definition) is 6. The number of rotatable bonds is 53. The molecule has 2 heterocycles. The highest BCUT2D eigenvalue weighted by Gasteiger charge is 2.54. The van der Waals surface area contributed by atoms with Gasteiger partial charge in [-0.15, -0.1) is 4.33 Å². The molecule has 2 saturated heterocycles. The molecular weight excluding hydrogens is 1060 g/mol. The van der Waals surface area contributed by atoms with Crippen LogP contribution < -0.4 is 0 Å². The third-order valence-electron chi connectivity index (χ3n) is 16.6. The molecule has 0 aliphatic carbocycles. The van der Waals surface area contributed by atoms with E-state index in [1.165, 1.54) is 199 Å². The maximum absolute atomic E-state index is 14.0. The minimum atomic E-state index is -1.77. The molecule has 16 nitrogen and oxygen atoms in total. The third kappa shape index (κ3) is 35.1. The Hall–Kier alpha value is -1.45. The van der Waals surface area contributed by atoms with Crippen molar-refractivity contribution >= 4 is 24.3 Å². The van der Waals surface area contributed by atoms with Crippen molar-refractivity contribution in [3.05, 3.63) is 11.6 Å². The molecule has 2 fully saturated rings. The molecule has 0 saturated carbocycles. The van der Waals surface area contributed by atoms with Crippen molar-refractivity contribution < 1.29 is 77.6 Å². The second-order valence-corrected chi connectivity index (χ2v) is 24.8. The average molecular weight is 1180 g/mol. The second kappa shape index (κ2) is 49.6. The summed E-state index contributed by atoms with van der Waals surface area (Å²) >= 11 is 0.0676. The summed E-state index contributed by atoms with van der Waals surface area (Å²) < 4.78 is 39.5. The van der Waals surface area contributed by atoms with Crippen LogP contribution in [0.5, 0.6) is 0 Å². The number of aliphatic hydroxyl groups is 5. The number of aliphatic hydroxyl groups excluding tert-OH is 5. The summed E-state index contributed by atoms with van der Waals surface area (Å²) in [6, 6.07) is 0. The van der Waals surface area contributed by atoms with Crippen molar-refractivity contribution in [2.24, 2.45) is 17.8 Å². The molecular formula is C64H120O16S. The number of ether oxygens (including phenoxy) is 5. The first-order chi connectivity index (χ1) is 39.3. The molecule has 0 aromatic heterocycles. The Morgan fingerprint density at radius 1 is 0.506 bits per heavy atom. The lowest BCUT2D eigenvalue weighted by Gasteiger charge is -2.46. The van der Waals surface area contributed by atoms with Crippen molar-refractivity contribution in [1.29, 1.82) is 0 Å². The topological polar surface area (TPSA) is 229 Å². The van der Waals surface area contributed by atoms with Crippen molar-refractivity contribution in [3.8, 4) is 0 Å². The van der Waals surface area contributed by atoms with Crippen LogP contribution in [0, 0.1) is 17.8 Å². The molecule has 6 N–H and O–H groups in total. The number of allylic oxidation sites excluding steroid dienone is 1. The molecule has 0 spiro atoms. The first kappa shape index (κ1) is 75.6. The van der Waals surface area contributed by atoms with Gasteiger partial charge in [0, 0.05) is 12.0 Å². The minimum absolute atomic E-state index is 0.00738. The van der Waals surface area contributed by atoms with E-state index in [0.717, 1.165) is 38.5 Å². The molecule has 0 aromatic carbocycles. The molecule has 2 aliphatic heterocycles. The molecule has 17 heteroatoms. The fourth-order valence-electron chi connectivity index (χ4n) is 11.8. The largest absolute Gasteiger partial charge is 0.453 e. The van der Waals surface area contributed by atoms with E-state index in [9.17, 15) is 35.1 Å². The van der Waals surface area contributed by atoms with Crippen LogP contribution in [0.25, 0.3) is 0 Å². The first-order valence-electron chi connectivity index (χ1n) is 32.9. The summed E-state index contributed by atoms with van der Waals surface area (Å²) in [6.45, 7) is 11.3. The van der Waals surface area contributed by atoms with Crippen LogP contribution in [0.3, 0.4) is 0 Å². The van der Waals surface area contributed by atoms with Gasteiger partial charge in [0.1, 0.15) is 30.5 Å². The van der Waals surface area contributed by atoms with E-state index in [1.807, 2.05) is 6.08 Å². The summed E-state index contributed by atoms with van der Waals surface area (Å²) in [4.78, 5) is 27.6. The van der Waals surface area contributed by atoms with Gasteiger partial charge < -0.3 is 49.2 Å². The normalized spacial score (nSPS) is 24.5. The fraction of sp³-hybridized carbons (Fsp3) is 0.938. The maximum Gasteiger partial charge on any atom is 0.333 e. The zero-order valence-electron chi connectivity index (χ0n) is 51.7. The molecule has 2 rings (SSSR count). The standard InChI is InChI=1S/C64H120O16S/c1-7-9-11-13-15-17-19-21-23-24-25-26-27-28-29-31-33-35-37-39-41-43-55(67)75-61-59(57(69)54(48-66)74-64(61)77-63-60(78-81-80-79-72)58(70)56(68)53(47-65)73-63)76-62(71)52(6)46-51(5)45-50(4)44-49(3)42-40-38-36-34-32-30-22-20-18-16-14-12-10-8-2/h46,49-51,53-54,56-61,63-66,68-70,72H,7-45,47-48H2,1-6H3/t49-,50-,51-,53?,54?,56?,57?,58?,59?,60?,61?,63?,64?/m0/s1. The Morgan fingerprint density at radius 3 is 1.35 bits per heavy atom. The van der Waals surface area contributed by atoms with Gasteiger partial charge in [-0.3, -0.25) is 8.98 Å². The molecule has 81 heavy (non-hydrogen) atoms. The van der Waals surface area contributed by atoms with Gasteiger partial charge >= 0.3 is 11.9 Å². The lowest BCUT2D eigenvalue weighted by atomic mass is 9.86. The lowest BCUT2D eigenvalue weighted by molar-refractivity contribution is -0.435. The van der Waals surface area contributed by atoms with Crippen LogP contribution >= 0.6 is 12.3 Å². The van der Waals surface area contributed by atoms with E-state index in [-0.39, 0.29) is 30.2 Å². The highest BCUT2D eigenvalue weighted by atomic mass is 32.2. The van der Waals surface area contributed by atoms with E-state index >= 15 is 0 Å². The zero-order valence-corrected chi connectivity index (χ0v) is 52.6. The van der Waals surface area contributed by atoms with Gasteiger partial charge in [-0.2, -0.15) is 0 Å². The van der Waals surface area contributed by atoms with E-state index in [1.54, 1.807) is 6.92 Å². The third-order valence-corrected chi connectivity index (χ3v) is 17.0. The molecule has 10 unspecified atom stereocenters. The summed E-state index contributed by atoms with van der Waals surface area (Å²) in [5, 5.41) is 65.9. The second-order valence-electron chi connectivity index (χ2n) is 24.4. The van der Waals surface area contributed by atoms with Crippen LogP contribution in [0.2, 0.25) is 0 Å². The minimum Gasteiger partial charge on any atom is -0.453 e. The van der Waals surface area contributed by atoms with Crippen LogP contribution in [0.1, 0.15) is 292 Å². The average Bonchev–Trinajstić information content (AvgIpc) is 3.47. The summed E-state index contributed by atoms with van der Waals surface area (Å²) in [7, 11) is 0. The molecule has 0 bridgehead atoms. The summed E-state index contributed by atoms with van der Waals surface area (Å²) in [5.41, 5.74) is 0.279. The zero-order chi connectivity index (χ0) is 59.3. The Morgan fingerprint density at radius 2 is 0.914 bits per heavy atom. The maximum atomic E-state index is 14.0. The van der Waals surface area contributed by atoms with Crippen LogP contribution in [0.15, 0.2) is 11.6 Å².